The van der Waals surface area contributed by atoms with Crippen LogP contribution in [0.5, 0.6) is 0 Å². The summed E-state index contributed by atoms with van der Waals surface area (Å²) in [5, 5.41) is 3.07. The van der Waals surface area contributed by atoms with Gasteiger partial charge in [0.15, 0.2) is 0 Å². The van der Waals surface area contributed by atoms with E-state index < -0.39 is 11.7 Å². The van der Waals surface area contributed by atoms with Gasteiger partial charge < -0.3 is 5.32 Å². The van der Waals surface area contributed by atoms with Gasteiger partial charge in [0.25, 0.3) is 0 Å². The van der Waals surface area contributed by atoms with Gasteiger partial charge in [0, 0.05) is 12.2 Å². The SMILES string of the molecule is CCC(CC)C(C)Nc1ncc(C(F)(F)F)cc1Cl. The van der Waals surface area contributed by atoms with E-state index in [4.69, 9.17) is 11.6 Å². The Balaban J connectivity index is 2.86. The first-order valence-electron chi connectivity index (χ1n) is 6.28. The number of aromatic nitrogens is 1. The quantitative estimate of drug-likeness (QED) is 0.827. The number of pyridine rings is 1. The molecule has 1 atom stereocenters. The van der Waals surface area contributed by atoms with Crippen LogP contribution in [-0.2, 0) is 6.18 Å². The van der Waals surface area contributed by atoms with Gasteiger partial charge in [-0.3, -0.25) is 0 Å². The molecule has 1 N–H and O–H groups in total. The van der Waals surface area contributed by atoms with Crippen LogP contribution in [0.1, 0.15) is 39.2 Å². The zero-order valence-electron chi connectivity index (χ0n) is 11.2. The van der Waals surface area contributed by atoms with Crippen LogP contribution in [0.4, 0.5) is 19.0 Å². The minimum atomic E-state index is -4.42. The summed E-state index contributed by atoms with van der Waals surface area (Å²) in [5.74, 6) is 0.731. The van der Waals surface area contributed by atoms with Crippen molar-refractivity contribution in [3.05, 3.63) is 22.8 Å². The lowest BCUT2D eigenvalue weighted by Crippen LogP contribution is -2.25. The van der Waals surface area contributed by atoms with Gasteiger partial charge in [-0.05, 0) is 18.9 Å². The predicted octanol–water partition coefficient (Wildman–Crippen LogP) is 4.99. The Bertz CT molecular complexity index is 417. The van der Waals surface area contributed by atoms with E-state index in [-0.39, 0.29) is 11.1 Å². The van der Waals surface area contributed by atoms with Crippen LogP contribution < -0.4 is 5.32 Å². The molecule has 0 radical (unpaired) electrons. The number of rotatable bonds is 5. The Hall–Kier alpha value is -0.970. The first-order valence-corrected chi connectivity index (χ1v) is 6.66. The largest absolute Gasteiger partial charge is 0.417 e. The lowest BCUT2D eigenvalue weighted by molar-refractivity contribution is -0.137. The normalized spacial score (nSPS) is 13.7. The Morgan fingerprint density at radius 2 is 1.89 bits per heavy atom. The van der Waals surface area contributed by atoms with Crippen molar-refractivity contribution in [2.24, 2.45) is 5.92 Å². The molecular formula is C13H18ClF3N2. The predicted molar refractivity (Wildman–Crippen MR) is 71.4 cm³/mol. The van der Waals surface area contributed by atoms with E-state index in [2.05, 4.69) is 24.1 Å². The number of nitrogens with one attached hydrogen (secondary N) is 1. The summed E-state index contributed by atoms with van der Waals surface area (Å²) in [6.45, 7) is 6.13. The molecule has 0 spiro atoms. The van der Waals surface area contributed by atoms with E-state index in [1.807, 2.05) is 6.92 Å². The molecule has 0 aliphatic rings. The highest BCUT2D eigenvalue weighted by Gasteiger charge is 2.31. The second kappa shape index (κ2) is 6.46. The van der Waals surface area contributed by atoms with E-state index >= 15 is 0 Å². The zero-order chi connectivity index (χ0) is 14.6. The van der Waals surface area contributed by atoms with Crippen LogP contribution in [0.15, 0.2) is 12.3 Å². The standard InChI is InChI=1S/C13H18ClF3N2/c1-4-9(5-2)8(3)19-12-11(14)6-10(7-18-12)13(15,16)17/h6-9H,4-5H2,1-3H3,(H,18,19). The van der Waals surface area contributed by atoms with E-state index in [9.17, 15) is 13.2 Å². The minimum Gasteiger partial charge on any atom is -0.366 e. The third kappa shape index (κ3) is 4.27. The molecule has 1 heterocycles. The number of anilines is 1. The van der Waals surface area contributed by atoms with Gasteiger partial charge in [-0.1, -0.05) is 38.3 Å². The molecule has 1 unspecified atom stereocenters. The Morgan fingerprint density at radius 3 is 2.32 bits per heavy atom. The number of hydrogen-bond acceptors (Lipinski definition) is 2. The summed E-state index contributed by atoms with van der Waals surface area (Å²) in [6.07, 6.45) is -1.64. The van der Waals surface area contributed by atoms with E-state index in [1.54, 1.807) is 0 Å². The molecule has 2 nitrogen and oxygen atoms in total. The van der Waals surface area contributed by atoms with Gasteiger partial charge in [-0.15, -0.1) is 0 Å². The molecule has 6 heteroatoms. The van der Waals surface area contributed by atoms with Gasteiger partial charge in [-0.2, -0.15) is 13.2 Å². The van der Waals surface area contributed by atoms with E-state index in [1.165, 1.54) is 0 Å². The van der Waals surface area contributed by atoms with Gasteiger partial charge >= 0.3 is 6.18 Å². The third-order valence-electron chi connectivity index (χ3n) is 3.29. The first kappa shape index (κ1) is 16.1. The average Bonchev–Trinajstić information content (AvgIpc) is 2.32. The maximum absolute atomic E-state index is 12.5. The number of hydrogen-bond donors (Lipinski definition) is 1. The summed E-state index contributed by atoms with van der Waals surface area (Å²) >= 11 is 5.85. The molecule has 1 rings (SSSR count). The topological polar surface area (TPSA) is 24.9 Å². The smallest absolute Gasteiger partial charge is 0.366 e. The summed E-state index contributed by atoms with van der Waals surface area (Å²) in [6, 6.07) is 1.01. The fourth-order valence-electron chi connectivity index (χ4n) is 2.03. The molecular weight excluding hydrogens is 277 g/mol. The lowest BCUT2D eigenvalue weighted by Gasteiger charge is -2.23. The zero-order valence-corrected chi connectivity index (χ0v) is 11.9. The molecule has 1 aromatic heterocycles. The molecule has 19 heavy (non-hydrogen) atoms. The molecule has 0 fully saturated rings. The van der Waals surface area contributed by atoms with Crippen LogP contribution in [0, 0.1) is 5.92 Å². The Morgan fingerprint density at radius 1 is 1.32 bits per heavy atom. The molecule has 1 aromatic rings. The molecule has 0 bridgehead atoms. The fraction of sp³-hybridized carbons (Fsp3) is 0.615. The van der Waals surface area contributed by atoms with E-state index in [0.29, 0.717) is 11.7 Å². The second-order valence-electron chi connectivity index (χ2n) is 4.56. The molecule has 0 saturated heterocycles. The summed E-state index contributed by atoms with van der Waals surface area (Å²) in [5.41, 5.74) is -0.835. The second-order valence-corrected chi connectivity index (χ2v) is 4.97. The lowest BCUT2D eigenvalue weighted by atomic mass is 9.95. The molecule has 0 aliphatic heterocycles. The van der Waals surface area contributed by atoms with Crippen molar-refractivity contribution < 1.29 is 13.2 Å². The first-order chi connectivity index (χ1) is 8.79. The summed E-state index contributed by atoms with van der Waals surface area (Å²) < 4.78 is 37.4. The Kier molecular flexibility index (Phi) is 5.47. The van der Waals surface area contributed by atoms with Crippen molar-refractivity contribution in [3.63, 3.8) is 0 Å². The van der Waals surface area contributed by atoms with Crippen LogP contribution >= 0.6 is 11.6 Å². The van der Waals surface area contributed by atoms with Crippen LogP contribution in [0.2, 0.25) is 5.02 Å². The average molecular weight is 295 g/mol. The van der Waals surface area contributed by atoms with Gasteiger partial charge in [-0.25, -0.2) is 4.98 Å². The van der Waals surface area contributed by atoms with Crippen LogP contribution in [0.3, 0.4) is 0 Å². The minimum absolute atomic E-state index is 0.00682. The van der Waals surface area contributed by atoms with Crippen LogP contribution in [-0.4, -0.2) is 11.0 Å². The number of alkyl halides is 3. The van der Waals surface area contributed by atoms with Crippen molar-refractivity contribution >= 4 is 17.4 Å². The highest BCUT2D eigenvalue weighted by molar-refractivity contribution is 6.33. The maximum atomic E-state index is 12.5. The molecule has 108 valence electrons. The van der Waals surface area contributed by atoms with Crippen molar-refractivity contribution in [2.45, 2.75) is 45.8 Å². The van der Waals surface area contributed by atoms with Gasteiger partial charge in [0.2, 0.25) is 0 Å². The van der Waals surface area contributed by atoms with Gasteiger partial charge in [0.05, 0.1) is 10.6 Å². The monoisotopic (exact) mass is 294 g/mol. The highest BCUT2D eigenvalue weighted by atomic mass is 35.5. The molecule has 0 aliphatic carbocycles. The fourth-order valence-corrected chi connectivity index (χ4v) is 2.25. The van der Waals surface area contributed by atoms with Gasteiger partial charge in [0.1, 0.15) is 5.82 Å². The van der Waals surface area contributed by atoms with Crippen molar-refractivity contribution in [1.82, 2.24) is 4.98 Å². The molecule has 0 aromatic carbocycles. The number of nitrogens with zero attached hydrogens (tertiary/aromatic N) is 1. The summed E-state index contributed by atoms with van der Waals surface area (Å²) in [4.78, 5) is 3.77. The van der Waals surface area contributed by atoms with Crippen molar-refractivity contribution in [1.29, 1.82) is 0 Å². The third-order valence-corrected chi connectivity index (χ3v) is 3.58. The molecule has 0 saturated carbocycles. The van der Waals surface area contributed by atoms with Crippen molar-refractivity contribution in [3.8, 4) is 0 Å². The van der Waals surface area contributed by atoms with Crippen LogP contribution in [0.25, 0.3) is 0 Å². The van der Waals surface area contributed by atoms with E-state index in [0.717, 1.165) is 25.1 Å². The van der Waals surface area contributed by atoms with Crippen molar-refractivity contribution in [2.75, 3.05) is 5.32 Å². The summed E-state index contributed by atoms with van der Waals surface area (Å²) in [7, 11) is 0. The number of halogens is 4. The highest BCUT2D eigenvalue weighted by Crippen LogP contribution is 2.32. The maximum Gasteiger partial charge on any atom is 0.417 e. The Labute approximate surface area is 116 Å². The molecule has 0 amide bonds.